The van der Waals surface area contributed by atoms with Crippen molar-refractivity contribution in [1.82, 2.24) is 4.98 Å². The third kappa shape index (κ3) is 2.64. The molecule has 2 aromatic heterocycles. The molecule has 6 heteroatoms. The molecule has 0 atom stereocenters. The molecule has 1 aliphatic heterocycles. The number of ether oxygens (including phenoxy) is 2. The molecule has 0 unspecified atom stereocenters. The zero-order valence-electron chi connectivity index (χ0n) is 15.0. The topological polar surface area (TPSA) is 43.7 Å². The molecule has 0 fully saturated rings. The van der Waals surface area contributed by atoms with E-state index in [9.17, 15) is 0 Å². The van der Waals surface area contributed by atoms with Crippen LogP contribution in [0.1, 0.15) is 22.4 Å². The smallest absolute Gasteiger partial charge is 0.231 e. The van der Waals surface area contributed by atoms with Crippen molar-refractivity contribution in [3.63, 3.8) is 0 Å². The second kappa shape index (κ2) is 6.43. The highest BCUT2D eigenvalue weighted by Gasteiger charge is 2.25. The minimum atomic E-state index is 0.287. The summed E-state index contributed by atoms with van der Waals surface area (Å²) < 4.78 is 12.1. The maximum absolute atomic E-state index is 5.48. The van der Waals surface area contributed by atoms with Gasteiger partial charge < -0.3 is 9.47 Å². The van der Waals surface area contributed by atoms with Gasteiger partial charge in [0.15, 0.2) is 11.5 Å². The minimum absolute atomic E-state index is 0.287. The first-order valence-electron chi connectivity index (χ1n) is 9.29. The largest absolute Gasteiger partial charge is 0.454 e. The molecule has 2 aliphatic rings. The van der Waals surface area contributed by atoms with E-state index in [1.54, 1.807) is 11.3 Å². The summed E-state index contributed by atoms with van der Waals surface area (Å²) in [5.74, 6) is 1.58. The lowest BCUT2D eigenvalue weighted by Gasteiger charge is -2.00. The van der Waals surface area contributed by atoms with Crippen LogP contribution in [0.3, 0.4) is 0 Å². The van der Waals surface area contributed by atoms with Crippen LogP contribution in [0.4, 0.5) is 5.00 Å². The fourth-order valence-electron chi connectivity index (χ4n) is 3.81. The first kappa shape index (κ1) is 16.3. The highest BCUT2D eigenvalue weighted by Crippen LogP contribution is 2.48. The molecular weight excluding hydrogens is 388 g/mol. The van der Waals surface area contributed by atoms with Gasteiger partial charge in [0.05, 0.1) is 15.8 Å². The van der Waals surface area contributed by atoms with Crippen molar-refractivity contribution in [2.45, 2.75) is 19.3 Å². The molecule has 0 bridgehead atoms. The Morgan fingerprint density at radius 2 is 1.93 bits per heavy atom. The monoisotopic (exact) mass is 404 g/mol. The zero-order chi connectivity index (χ0) is 18.5. The van der Waals surface area contributed by atoms with Crippen LogP contribution in [-0.2, 0) is 12.8 Å². The van der Waals surface area contributed by atoms with E-state index in [0.29, 0.717) is 0 Å². The number of aliphatic imine (C=N–C) groups is 1. The average molecular weight is 405 g/mol. The molecule has 0 saturated carbocycles. The van der Waals surface area contributed by atoms with Gasteiger partial charge >= 0.3 is 0 Å². The standard InChI is InChI=1S/C22H16N2O2S2/c1-2-6-19-15(5-1)24-22(28-19)20-14-4-3-7-18(14)27-21(20)23-11-13-8-9-16-17(10-13)26-12-25-16/h1-2,5-6,8-11H,3-4,7,12H2. The van der Waals surface area contributed by atoms with Gasteiger partial charge in [0.1, 0.15) is 10.0 Å². The van der Waals surface area contributed by atoms with Gasteiger partial charge in [-0.3, -0.25) is 0 Å². The Balaban J connectivity index is 1.43. The summed E-state index contributed by atoms with van der Waals surface area (Å²) in [7, 11) is 0. The molecule has 0 spiro atoms. The number of thiazole rings is 1. The number of aryl methyl sites for hydroxylation is 1. The van der Waals surface area contributed by atoms with Crippen LogP contribution in [0, 0.1) is 0 Å². The maximum Gasteiger partial charge on any atom is 0.231 e. The van der Waals surface area contributed by atoms with E-state index in [4.69, 9.17) is 19.5 Å². The van der Waals surface area contributed by atoms with Crippen LogP contribution in [0.5, 0.6) is 11.5 Å². The SMILES string of the molecule is C(=Nc1sc2c(c1-c1nc3ccccc3s1)CCC2)c1ccc2c(c1)OCO2. The molecule has 0 N–H and O–H groups in total. The quantitative estimate of drug-likeness (QED) is 0.394. The number of hydrogen-bond donors (Lipinski definition) is 0. The van der Waals surface area contributed by atoms with E-state index in [0.717, 1.165) is 45.4 Å². The Kier molecular flexibility index (Phi) is 3.74. The minimum Gasteiger partial charge on any atom is -0.454 e. The number of aromatic nitrogens is 1. The molecule has 0 radical (unpaired) electrons. The molecule has 1 aliphatic carbocycles. The third-order valence-corrected chi connectivity index (χ3v) is 7.39. The maximum atomic E-state index is 5.48. The molecule has 4 nitrogen and oxygen atoms in total. The lowest BCUT2D eigenvalue weighted by molar-refractivity contribution is 0.174. The first-order valence-corrected chi connectivity index (χ1v) is 10.9. The second-order valence-corrected chi connectivity index (χ2v) is 9.01. The number of para-hydroxylation sites is 1. The molecule has 4 aromatic rings. The van der Waals surface area contributed by atoms with Crippen molar-refractivity contribution >= 4 is 44.1 Å². The molecule has 2 aromatic carbocycles. The number of fused-ring (bicyclic) bond motifs is 3. The molecule has 28 heavy (non-hydrogen) atoms. The normalized spacial score (nSPS) is 15.0. The lowest BCUT2D eigenvalue weighted by Crippen LogP contribution is -1.92. The van der Waals surface area contributed by atoms with E-state index in [1.807, 2.05) is 41.8 Å². The Morgan fingerprint density at radius 1 is 1.00 bits per heavy atom. The molecule has 138 valence electrons. The molecular formula is C22H16N2O2S2. The molecule has 0 saturated heterocycles. The summed E-state index contributed by atoms with van der Waals surface area (Å²) in [5.41, 5.74) is 4.75. The summed E-state index contributed by atoms with van der Waals surface area (Å²) in [6.45, 7) is 0.287. The van der Waals surface area contributed by atoms with E-state index in [2.05, 4.69) is 18.2 Å². The Labute approximate surface area is 170 Å². The van der Waals surface area contributed by atoms with Gasteiger partial charge in [0, 0.05) is 11.1 Å². The van der Waals surface area contributed by atoms with Gasteiger partial charge in [0.2, 0.25) is 6.79 Å². The Hall–Kier alpha value is -2.70. The summed E-state index contributed by atoms with van der Waals surface area (Å²) in [4.78, 5) is 11.3. The summed E-state index contributed by atoms with van der Waals surface area (Å²) in [6, 6.07) is 14.3. The van der Waals surface area contributed by atoms with Gasteiger partial charge in [-0.25, -0.2) is 9.98 Å². The first-order chi connectivity index (χ1) is 13.8. The highest BCUT2D eigenvalue weighted by atomic mass is 32.1. The van der Waals surface area contributed by atoms with E-state index < -0.39 is 0 Å². The number of benzene rings is 2. The second-order valence-electron chi connectivity index (χ2n) is 6.90. The van der Waals surface area contributed by atoms with Crippen molar-refractivity contribution in [1.29, 1.82) is 0 Å². The molecule has 0 amide bonds. The van der Waals surface area contributed by atoms with Crippen LogP contribution < -0.4 is 9.47 Å². The molecule has 3 heterocycles. The summed E-state index contributed by atoms with van der Waals surface area (Å²) >= 11 is 3.57. The fraction of sp³-hybridized carbons (Fsp3) is 0.182. The number of nitrogens with zero attached hydrogens (tertiary/aromatic N) is 2. The van der Waals surface area contributed by atoms with Gasteiger partial charge in [-0.15, -0.1) is 22.7 Å². The zero-order valence-corrected chi connectivity index (χ0v) is 16.6. The van der Waals surface area contributed by atoms with Crippen molar-refractivity contribution in [3.8, 4) is 22.1 Å². The van der Waals surface area contributed by atoms with E-state index >= 15 is 0 Å². The highest BCUT2D eigenvalue weighted by molar-refractivity contribution is 7.22. The van der Waals surface area contributed by atoms with E-state index in [-0.39, 0.29) is 6.79 Å². The van der Waals surface area contributed by atoms with Crippen LogP contribution in [0.15, 0.2) is 47.5 Å². The van der Waals surface area contributed by atoms with Gasteiger partial charge in [0.25, 0.3) is 0 Å². The average Bonchev–Trinajstić information content (AvgIpc) is 3.47. The van der Waals surface area contributed by atoms with Crippen molar-refractivity contribution in [2.75, 3.05) is 6.79 Å². The van der Waals surface area contributed by atoms with Crippen molar-refractivity contribution in [2.24, 2.45) is 4.99 Å². The van der Waals surface area contributed by atoms with Crippen molar-refractivity contribution < 1.29 is 9.47 Å². The lowest BCUT2D eigenvalue weighted by atomic mass is 10.1. The van der Waals surface area contributed by atoms with E-state index in [1.165, 1.54) is 27.1 Å². The number of hydrogen-bond acceptors (Lipinski definition) is 6. The van der Waals surface area contributed by atoms with Crippen molar-refractivity contribution in [3.05, 3.63) is 58.5 Å². The summed E-state index contributed by atoms with van der Waals surface area (Å²) in [6.07, 6.45) is 5.42. The number of rotatable bonds is 3. The predicted molar refractivity (Wildman–Crippen MR) is 115 cm³/mol. The van der Waals surface area contributed by atoms with Crippen LogP contribution in [-0.4, -0.2) is 18.0 Å². The van der Waals surface area contributed by atoms with Gasteiger partial charge in [-0.2, -0.15) is 0 Å². The van der Waals surface area contributed by atoms with Gasteiger partial charge in [-0.1, -0.05) is 12.1 Å². The number of thiophene rings is 1. The van der Waals surface area contributed by atoms with Crippen LogP contribution >= 0.6 is 22.7 Å². The fourth-order valence-corrected chi connectivity index (χ4v) is 6.15. The Morgan fingerprint density at radius 3 is 2.89 bits per heavy atom. The van der Waals surface area contributed by atoms with Gasteiger partial charge in [-0.05, 0) is 60.7 Å². The van der Waals surface area contributed by atoms with Crippen LogP contribution in [0.2, 0.25) is 0 Å². The predicted octanol–water partition coefficient (Wildman–Crippen LogP) is 5.99. The summed E-state index contributed by atoms with van der Waals surface area (Å²) in [5, 5.41) is 2.14. The van der Waals surface area contributed by atoms with Crippen LogP contribution in [0.25, 0.3) is 20.8 Å². The molecule has 6 rings (SSSR count). The third-order valence-electron chi connectivity index (χ3n) is 5.14. The Bertz CT molecular complexity index is 1210.